The quantitative estimate of drug-likeness (QED) is 0.819. The van der Waals surface area contributed by atoms with Crippen molar-refractivity contribution >= 4 is 0 Å². The molecule has 0 saturated carbocycles. The van der Waals surface area contributed by atoms with Gasteiger partial charge in [-0.25, -0.2) is 0 Å². The molecule has 1 fully saturated rings. The lowest BCUT2D eigenvalue weighted by atomic mass is 9.75. The van der Waals surface area contributed by atoms with Gasteiger partial charge in [0.15, 0.2) is 0 Å². The first kappa shape index (κ1) is 13.0. The first-order valence-electron chi connectivity index (χ1n) is 6.12. The van der Waals surface area contributed by atoms with Gasteiger partial charge in [0, 0.05) is 12.5 Å². The Bertz CT molecular complexity index is 469. The van der Waals surface area contributed by atoms with Crippen LogP contribution in [0.1, 0.15) is 24.5 Å². The molecular weight excluding hydrogens is 228 g/mol. The molecule has 1 saturated heterocycles. The summed E-state index contributed by atoms with van der Waals surface area (Å²) < 4.78 is 5.63. The summed E-state index contributed by atoms with van der Waals surface area (Å²) in [5.41, 5.74) is 7.14. The topological polar surface area (TPSA) is 79.3 Å². The summed E-state index contributed by atoms with van der Waals surface area (Å²) in [5, 5.41) is 18.5. The van der Waals surface area contributed by atoms with Gasteiger partial charge < -0.3 is 15.6 Å². The first-order chi connectivity index (χ1) is 8.60. The Kier molecular flexibility index (Phi) is 3.67. The molecule has 0 unspecified atom stereocenters. The molecule has 0 aromatic heterocycles. The van der Waals surface area contributed by atoms with Crippen molar-refractivity contribution in [1.29, 1.82) is 5.26 Å². The zero-order valence-corrected chi connectivity index (χ0v) is 10.5. The van der Waals surface area contributed by atoms with Crippen molar-refractivity contribution in [1.82, 2.24) is 0 Å². The van der Waals surface area contributed by atoms with Crippen LogP contribution in [0, 0.1) is 17.2 Å². The van der Waals surface area contributed by atoms with Crippen LogP contribution in [0.3, 0.4) is 0 Å². The SMILES string of the molecule is C[C@H]1C[C@@H](CO)[C@](N)(c2cccc(C#N)c2)CO1. The maximum atomic E-state index is 9.53. The van der Waals surface area contributed by atoms with Crippen LogP contribution in [0.25, 0.3) is 0 Å². The highest BCUT2D eigenvalue weighted by atomic mass is 16.5. The third kappa shape index (κ3) is 2.25. The zero-order chi connectivity index (χ0) is 13.2. The van der Waals surface area contributed by atoms with Crippen molar-refractivity contribution in [3.8, 4) is 6.07 Å². The lowest BCUT2D eigenvalue weighted by molar-refractivity contribution is -0.0669. The predicted molar refractivity (Wildman–Crippen MR) is 67.6 cm³/mol. The third-order valence-corrected chi connectivity index (χ3v) is 3.70. The highest BCUT2D eigenvalue weighted by Crippen LogP contribution is 2.35. The van der Waals surface area contributed by atoms with E-state index >= 15 is 0 Å². The van der Waals surface area contributed by atoms with E-state index in [0.717, 1.165) is 12.0 Å². The normalized spacial score (nSPS) is 31.9. The molecule has 1 aliphatic heterocycles. The van der Waals surface area contributed by atoms with E-state index < -0.39 is 5.54 Å². The Morgan fingerprint density at radius 1 is 1.61 bits per heavy atom. The van der Waals surface area contributed by atoms with Crippen LogP contribution >= 0.6 is 0 Å². The number of hydrogen-bond donors (Lipinski definition) is 2. The van der Waals surface area contributed by atoms with Crippen LogP contribution in [-0.2, 0) is 10.3 Å². The highest BCUT2D eigenvalue weighted by Gasteiger charge is 2.41. The second-order valence-electron chi connectivity index (χ2n) is 4.97. The van der Waals surface area contributed by atoms with Gasteiger partial charge in [0.1, 0.15) is 0 Å². The Morgan fingerprint density at radius 3 is 3.06 bits per heavy atom. The summed E-state index contributed by atoms with van der Waals surface area (Å²) >= 11 is 0. The van der Waals surface area contributed by atoms with Gasteiger partial charge >= 0.3 is 0 Å². The molecule has 3 atom stereocenters. The second-order valence-corrected chi connectivity index (χ2v) is 4.97. The summed E-state index contributed by atoms with van der Waals surface area (Å²) in [5.74, 6) is -0.0461. The molecule has 18 heavy (non-hydrogen) atoms. The number of nitrogens with two attached hydrogens (primary N) is 1. The van der Waals surface area contributed by atoms with E-state index in [2.05, 4.69) is 6.07 Å². The minimum Gasteiger partial charge on any atom is -0.396 e. The molecule has 1 aromatic carbocycles. The van der Waals surface area contributed by atoms with Crippen LogP contribution in [0.2, 0.25) is 0 Å². The van der Waals surface area contributed by atoms with Gasteiger partial charge in [-0.1, -0.05) is 12.1 Å². The molecule has 0 bridgehead atoms. The summed E-state index contributed by atoms with van der Waals surface area (Å²) in [7, 11) is 0. The summed E-state index contributed by atoms with van der Waals surface area (Å²) in [6, 6.07) is 9.34. The number of nitriles is 1. The number of nitrogens with zero attached hydrogens (tertiary/aromatic N) is 1. The second kappa shape index (κ2) is 5.07. The zero-order valence-electron chi connectivity index (χ0n) is 10.5. The molecule has 0 radical (unpaired) electrons. The minimum absolute atomic E-state index is 0.0288. The molecule has 1 heterocycles. The summed E-state index contributed by atoms with van der Waals surface area (Å²) in [4.78, 5) is 0. The van der Waals surface area contributed by atoms with Crippen LogP contribution < -0.4 is 5.73 Å². The van der Waals surface area contributed by atoms with Crippen LogP contribution in [0.5, 0.6) is 0 Å². The lowest BCUT2D eigenvalue weighted by Gasteiger charge is -2.43. The Labute approximate surface area is 107 Å². The monoisotopic (exact) mass is 246 g/mol. The van der Waals surface area contributed by atoms with Gasteiger partial charge in [-0.05, 0) is 31.0 Å². The van der Waals surface area contributed by atoms with Crippen molar-refractivity contribution in [2.75, 3.05) is 13.2 Å². The maximum absolute atomic E-state index is 9.53. The molecule has 4 heteroatoms. The fraction of sp³-hybridized carbons (Fsp3) is 0.500. The fourth-order valence-corrected chi connectivity index (χ4v) is 2.51. The van der Waals surface area contributed by atoms with Crippen molar-refractivity contribution in [2.24, 2.45) is 11.7 Å². The van der Waals surface area contributed by atoms with Crippen LogP contribution in [0.15, 0.2) is 24.3 Å². The van der Waals surface area contributed by atoms with Crippen LogP contribution in [-0.4, -0.2) is 24.4 Å². The summed E-state index contributed by atoms with van der Waals surface area (Å²) in [6.07, 6.45) is 0.835. The molecule has 0 amide bonds. The molecule has 1 aromatic rings. The fourth-order valence-electron chi connectivity index (χ4n) is 2.51. The number of aliphatic hydroxyl groups is 1. The average molecular weight is 246 g/mol. The van der Waals surface area contributed by atoms with Gasteiger partial charge in [-0.15, -0.1) is 0 Å². The lowest BCUT2D eigenvalue weighted by Crippen LogP contribution is -2.54. The first-order valence-corrected chi connectivity index (χ1v) is 6.12. The van der Waals surface area contributed by atoms with E-state index in [1.165, 1.54) is 0 Å². The average Bonchev–Trinajstić information content (AvgIpc) is 2.41. The van der Waals surface area contributed by atoms with E-state index in [4.69, 9.17) is 15.7 Å². The van der Waals surface area contributed by atoms with Gasteiger partial charge in [0.2, 0.25) is 0 Å². The van der Waals surface area contributed by atoms with Gasteiger partial charge in [0.25, 0.3) is 0 Å². The number of benzene rings is 1. The predicted octanol–water partition coefficient (Wildman–Crippen LogP) is 1.13. The molecule has 0 aliphatic carbocycles. The Hall–Kier alpha value is -1.41. The number of hydrogen-bond acceptors (Lipinski definition) is 4. The summed E-state index contributed by atoms with van der Waals surface area (Å²) in [6.45, 7) is 2.38. The van der Waals surface area contributed by atoms with Crippen molar-refractivity contribution in [3.05, 3.63) is 35.4 Å². The van der Waals surface area contributed by atoms with Gasteiger partial charge in [0.05, 0.1) is 29.9 Å². The van der Waals surface area contributed by atoms with E-state index in [-0.39, 0.29) is 18.6 Å². The van der Waals surface area contributed by atoms with Gasteiger partial charge in [-0.3, -0.25) is 0 Å². The van der Waals surface area contributed by atoms with E-state index in [1.807, 2.05) is 19.1 Å². The van der Waals surface area contributed by atoms with Crippen molar-refractivity contribution < 1.29 is 9.84 Å². The smallest absolute Gasteiger partial charge is 0.0991 e. The van der Waals surface area contributed by atoms with Gasteiger partial charge in [-0.2, -0.15) is 5.26 Å². The van der Waals surface area contributed by atoms with Crippen molar-refractivity contribution in [3.63, 3.8) is 0 Å². The minimum atomic E-state index is -0.714. The molecular formula is C14H18N2O2. The molecule has 1 aliphatic rings. The molecule has 2 rings (SSSR count). The molecule has 3 N–H and O–H groups in total. The number of rotatable bonds is 2. The Balaban J connectivity index is 2.36. The highest BCUT2D eigenvalue weighted by molar-refractivity contribution is 5.37. The van der Waals surface area contributed by atoms with Crippen LogP contribution in [0.4, 0.5) is 0 Å². The molecule has 4 nitrogen and oxygen atoms in total. The maximum Gasteiger partial charge on any atom is 0.0991 e. The van der Waals surface area contributed by atoms with E-state index in [9.17, 15) is 5.11 Å². The molecule has 96 valence electrons. The Morgan fingerprint density at radius 2 is 2.39 bits per heavy atom. The molecule has 0 spiro atoms. The number of aliphatic hydroxyl groups excluding tert-OH is 1. The third-order valence-electron chi connectivity index (χ3n) is 3.70. The van der Waals surface area contributed by atoms with E-state index in [0.29, 0.717) is 12.2 Å². The largest absolute Gasteiger partial charge is 0.396 e. The van der Waals surface area contributed by atoms with E-state index in [1.54, 1.807) is 12.1 Å². The van der Waals surface area contributed by atoms with Crippen molar-refractivity contribution in [2.45, 2.75) is 25.0 Å². The standard InChI is InChI=1S/C14H18N2O2/c1-10-5-13(8-17)14(16,9-18-10)12-4-2-3-11(6-12)7-15/h2-4,6,10,13,17H,5,8-9,16H2,1H3/t10-,13-,14+/m0/s1. The number of ether oxygens (including phenoxy) is 1.